The summed E-state index contributed by atoms with van der Waals surface area (Å²) in [5, 5.41) is 0. The lowest BCUT2D eigenvalue weighted by molar-refractivity contribution is 0.0959. The summed E-state index contributed by atoms with van der Waals surface area (Å²) < 4.78 is 33.3. The monoisotopic (exact) mass is 441 g/mol. The number of amides is 1. The minimum absolute atomic E-state index is 0.00755. The second-order valence-electron chi connectivity index (χ2n) is 6.03. The number of hydrogen-bond donors (Lipinski definition) is 0. The standard InChI is InChI=1S/C17H20BrN3O4S/c1-3-21(16-7-6-13(18)11-19-16)17(22)14-10-15(12(2)25-14)26(23,24)20-8-4-5-9-20/h6-7,10-11H,3-5,8-9H2,1-2H3. The van der Waals surface area contributed by atoms with Crippen LogP contribution in [0.4, 0.5) is 5.82 Å². The van der Waals surface area contributed by atoms with E-state index < -0.39 is 15.9 Å². The molecule has 0 bridgehead atoms. The first-order chi connectivity index (χ1) is 12.3. The van der Waals surface area contributed by atoms with Gasteiger partial charge in [0.05, 0.1) is 0 Å². The molecule has 0 N–H and O–H groups in total. The zero-order chi connectivity index (χ0) is 18.9. The number of hydrogen-bond acceptors (Lipinski definition) is 5. The molecule has 2 aromatic rings. The number of halogens is 1. The van der Waals surface area contributed by atoms with Crippen molar-refractivity contribution in [1.82, 2.24) is 9.29 Å². The van der Waals surface area contributed by atoms with E-state index in [9.17, 15) is 13.2 Å². The topological polar surface area (TPSA) is 83.7 Å². The molecule has 0 aromatic carbocycles. The van der Waals surface area contributed by atoms with E-state index in [4.69, 9.17) is 4.42 Å². The van der Waals surface area contributed by atoms with Gasteiger partial charge >= 0.3 is 0 Å². The number of rotatable bonds is 5. The van der Waals surface area contributed by atoms with Gasteiger partial charge in [0.25, 0.3) is 5.91 Å². The molecular formula is C17H20BrN3O4S. The van der Waals surface area contributed by atoms with Crippen molar-refractivity contribution in [3.8, 4) is 0 Å². The first-order valence-corrected chi connectivity index (χ1v) is 10.6. The maximum atomic E-state index is 12.8. The zero-order valence-electron chi connectivity index (χ0n) is 14.6. The molecule has 0 unspecified atom stereocenters. The number of aryl methyl sites for hydroxylation is 1. The van der Waals surface area contributed by atoms with Gasteiger partial charge in [-0.25, -0.2) is 13.4 Å². The highest BCUT2D eigenvalue weighted by atomic mass is 79.9. The number of sulfonamides is 1. The molecular weight excluding hydrogens is 422 g/mol. The highest BCUT2D eigenvalue weighted by molar-refractivity contribution is 9.10. The van der Waals surface area contributed by atoms with E-state index in [0.717, 1.165) is 17.3 Å². The van der Waals surface area contributed by atoms with Crippen molar-refractivity contribution >= 4 is 37.7 Å². The van der Waals surface area contributed by atoms with Crippen LogP contribution in [0.2, 0.25) is 0 Å². The molecule has 0 saturated carbocycles. The second kappa shape index (κ2) is 7.50. The summed E-state index contributed by atoms with van der Waals surface area (Å²) in [7, 11) is -3.64. The Morgan fingerprint density at radius 1 is 1.35 bits per heavy atom. The summed E-state index contributed by atoms with van der Waals surface area (Å²) in [6.07, 6.45) is 3.30. The summed E-state index contributed by atoms with van der Waals surface area (Å²) in [6.45, 7) is 4.76. The van der Waals surface area contributed by atoms with Gasteiger partial charge in [-0.15, -0.1) is 0 Å². The van der Waals surface area contributed by atoms with Crippen molar-refractivity contribution in [1.29, 1.82) is 0 Å². The third kappa shape index (κ3) is 3.56. The van der Waals surface area contributed by atoms with E-state index in [-0.39, 0.29) is 16.4 Å². The van der Waals surface area contributed by atoms with Crippen LogP contribution in [-0.2, 0) is 10.0 Å². The zero-order valence-corrected chi connectivity index (χ0v) is 17.0. The van der Waals surface area contributed by atoms with Crippen LogP contribution in [0, 0.1) is 6.92 Å². The Morgan fingerprint density at radius 3 is 2.62 bits per heavy atom. The molecule has 3 heterocycles. The van der Waals surface area contributed by atoms with E-state index in [0.29, 0.717) is 25.5 Å². The number of nitrogens with zero attached hydrogens (tertiary/aromatic N) is 3. The predicted molar refractivity (Wildman–Crippen MR) is 101 cm³/mol. The number of aromatic nitrogens is 1. The van der Waals surface area contributed by atoms with Crippen LogP contribution < -0.4 is 4.90 Å². The highest BCUT2D eigenvalue weighted by Gasteiger charge is 2.32. The van der Waals surface area contributed by atoms with Gasteiger partial charge in [-0.2, -0.15) is 4.31 Å². The molecule has 1 aliphatic rings. The first-order valence-electron chi connectivity index (χ1n) is 8.38. The Hall–Kier alpha value is -1.71. The normalized spacial score (nSPS) is 15.3. The molecule has 1 fully saturated rings. The number of pyridine rings is 1. The van der Waals surface area contributed by atoms with Gasteiger partial charge in [0.1, 0.15) is 16.5 Å². The lowest BCUT2D eigenvalue weighted by Gasteiger charge is -2.18. The average molecular weight is 442 g/mol. The number of furan rings is 1. The molecule has 140 valence electrons. The van der Waals surface area contributed by atoms with Gasteiger partial charge in [0, 0.05) is 36.4 Å². The molecule has 2 aromatic heterocycles. The number of carbonyl (C=O) groups is 1. The molecule has 26 heavy (non-hydrogen) atoms. The fourth-order valence-corrected chi connectivity index (χ4v) is 4.88. The maximum Gasteiger partial charge on any atom is 0.295 e. The van der Waals surface area contributed by atoms with Crippen molar-refractivity contribution in [3.05, 3.63) is 40.4 Å². The van der Waals surface area contributed by atoms with E-state index in [1.807, 2.05) is 6.92 Å². The van der Waals surface area contributed by atoms with Crippen LogP contribution in [-0.4, -0.2) is 43.2 Å². The van der Waals surface area contributed by atoms with E-state index in [2.05, 4.69) is 20.9 Å². The molecule has 7 nitrogen and oxygen atoms in total. The second-order valence-corrected chi connectivity index (χ2v) is 8.85. The fourth-order valence-electron chi connectivity index (χ4n) is 2.96. The Kier molecular flexibility index (Phi) is 5.50. The number of carbonyl (C=O) groups excluding carboxylic acids is 1. The Labute approximate surface area is 161 Å². The van der Waals surface area contributed by atoms with Crippen LogP contribution in [0.5, 0.6) is 0 Å². The molecule has 0 spiro atoms. The molecule has 0 aliphatic carbocycles. The van der Waals surface area contributed by atoms with Gasteiger partial charge in [-0.1, -0.05) is 0 Å². The fraction of sp³-hybridized carbons (Fsp3) is 0.412. The molecule has 0 atom stereocenters. The van der Waals surface area contributed by atoms with Crippen molar-refractivity contribution in [3.63, 3.8) is 0 Å². The minimum atomic E-state index is -3.64. The Balaban J connectivity index is 1.92. The maximum absolute atomic E-state index is 12.8. The van der Waals surface area contributed by atoms with Gasteiger partial charge in [-0.05, 0) is 54.8 Å². The summed E-state index contributed by atoms with van der Waals surface area (Å²) in [5.41, 5.74) is 0. The van der Waals surface area contributed by atoms with Gasteiger partial charge in [-0.3, -0.25) is 9.69 Å². The van der Waals surface area contributed by atoms with Crippen LogP contribution in [0.1, 0.15) is 36.1 Å². The summed E-state index contributed by atoms with van der Waals surface area (Å²) in [5.74, 6) is 0.263. The van der Waals surface area contributed by atoms with E-state index in [1.165, 1.54) is 15.3 Å². The molecule has 1 aliphatic heterocycles. The number of anilines is 1. The van der Waals surface area contributed by atoms with E-state index in [1.54, 1.807) is 25.3 Å². The molecule has 0 radical (unpaired) electrons. The molecule has 9 heteroatoms. The van der Waals surface area contributed by atoms with Crippen LogP contribution in [0.15, 0.2) is 38.2 Å². The smallest absolute Gasteiger partial charge is 0.295 e. The Bertz CT molecular complexity index is 903. The van der Waals surface area contributed by atoms with Crippen LogP contribution in [0.3, 0.4) is 0 Å². The van der Waals surface area contributed by atoms with Crippen LogP contribution in [0.25, 0.3) is 0 Å². The summed E-state index contributed by atoms with van der Waals surface area (Å²) in [4.78, 5) is 18.6. The van der Waals surface area contributed by atoms with Gasteiger partial charge in [0.15, 0.2) is 5.76 Å². The quantitative estimate of drug-likeness (QED) is 0.710. The molecule has 3 rings (SSSR count). The third-order valence-electron chi connectivity index (χ3n) is 4.32. The minimum Gasteiger partial charge on any atom is -0.455 e. The largest absolute Gasteiger partial charge is 0.455 e. The van der Waals surface area contributed by atoms with Gasteiger partial charge in [0.2, 0.25) is 10.0 Å². The summed E-state index contributed by atoms with van der Waals surface area (Å²) in [6, 6.07) is 4.82. The van der Waals surface area contributed by atoms with Crippen LogP contribution >= 0.6 is 15.9 Å². The molecule has 1 amide bonds. The Morgan fingerprint density at radius 2 is 2.04 bits per heavy atom. The van der Waals surface area contributed by atoms with E-state index >= 15 is 0 Å². The van der Waals surface area contributed by atoms with Crippen molar-refractivity contribution < 1.29 is 17.6 Å². The lowest BCUT2D eigenvalue weighted by Crippen LogP contribution is -2.31. The average Bonchev–Trinajstić information content (AvgIpc) is 3.27. The van der Waals surface area contributed by atoms with Gasteiger partial charge < -0.3 is 4.42 Å². The molecule has 1 saturated heterocycles. The lowest BCUT2D eigenvalue weighted by atomic mass is 10.3. The van der Waals surface area contributed by atoms with Crippen molar-refractivity contribution in [2.24, 2.45) is 0 Å². The van der Waals surface area contributed by atoms with Crippen molar-refractivity contribution in [2.75, 3.05) is 24.5 Å². The predicted octanol–water partition coefficient (Wildman–Crippen LogP) is 3.20. The highest BCUT2D eigenvalue weighted by Crippen LogP contribution is 2.27. The van der Waals surface area contributed by atoms with Crippen molar-refractivity contribution in [2.45, 2.75) is 31.6 Å². The first kappa shape index (κ1) is 19.1. The summed E-state index contributed by atoms with van der Waals surface area (Å²) >= 11 is 3.31. The third-order valence-corrected chi connectivity index (χ3v) is 6.79. The SMILES string of the molecule is CCN(C(=O)c1cc(S(=O)(=O)N2CCCC2)c(C)o1)c1ccc(Br)cn1.